The van der Waals surface area contributed by atoms with Gasteiger partial charge in [-0.1, -0.05) is 99.8 Å². The topological polar surface area (TPSA) is 50.2 Å². The molecule has 1 radical (unpaired) electrons. The molecule has 7 heteroatoms. The summed E-state index contributed by atoms with van der Waals surface area (Å²) < 4.78 is 4.11. The fourth-order valence-corrected chi connectivity index (χ4v) is 9.76. The number of fused-ring (bicyclic) bond motifs is 5. The number of pyridine rings is 1. The van der Waals surface area contributed by atoms with Crippen LogP contribution in [0.1, 0.15) is 118 Å². The second kappa shape index (κ2) is 17.9. The molecule has 0 aliphatic rings. The van der Waals surface area contributed by atoms with Crippen LogP contribution in [0.2, 0.25) is 0 Å². The summed E-state index contributed by atoms with van der Waals surface area (Å²) in [6, 6.07) is 14.8. The van der Waals surface area contributed by atoms with E-state index >= 15 is 0 Å². The molecule has 0 bridgehead atoms. The average molecular weight is 933 g/mol. The van der Waals surface area contributed by atoms with Crippen molar-refractivity contribution in [1.82, 2.24) is 4.98 Å². The van der Waals surface area contributed by atoms with Crippen LogP contribution in [0.4, 0.5) is 0 Å². The minimum atomic E-state index is -0.337. The van der Waals surface area contributed by atoms with E-state index < -0.39 is 0 Å². The van der Waals surface area contributed by atoms with Crippen molar-refractivity contribution in [3.63, 3.8) is 0 Å². The molecule has 0 saturated carbocycles. The van der Waals surface area contributed by atoms with Crippen LogP contribution in [0.25, 0.3) is 41.5 Å². The number of nitrogens with zero attached hydrogens (tertiary/aromatic N) is 1. The molecule has 0 aliphatic heterocycles. The van der Waals surface area contributed by atoms with Crippen molar-refractivity contribution in [1.29, 1.82) is 0 Å². The van der Waals surface area contributed by atoms with E-state index in [1.54, 1.807) is 11.8 Å². The average Bonchev–Trinajstić information content (AvgIpc) is 3.64. The van der Waals surface area contributed by atoms with E-state index in [0.29, 0.717) is 5.92 Å². The van der Waals surface area contributed by atoms with Crippen LogP contribution in [0, 0.1) is 29.7 Å². The largest absolute Gasteiger partial charge is 0.512 e. The van der Waals surface area contributed by atoms with Crippen LogP contribution in [0.3, 0.4) is 0 Å². The summed E-state index contributed by atoms with van der Waals surface area (Å²) in [6.07, 6.45) is 7.84. The van der Waals surface area contributed by atoms with Crippen LogP contribution in [-0.4, -0.2) is 15.9 Å². The maximum Gasteiger partial charge on any atom is 0.164 e. The van der Waals surface area contributed by atoms with E-state index in [1.165, 1.54) is 57.2 Å². The second-order valence-electron chi connectivity index (χ2n) is 15.8. The Morgan fingerprint density at radius 1 is 0.962 bits per heavy atom. The van der Waals surface area contributed by atoms with E-state index in [4.69, 9.17) is 4.98 Å². The molecule has 3 nitrogen and oxygen atoms in total. The van der Waals surface area contributed by atoms with Gasteiger partial charge < -0.3 is 10.1 Å². The third-order valence-corrected chi connectivity index (χ3v) is 14.2. The van der Waals surface area contributed by atoms with Gasteiger partial charge in [-0.15, -0.1) is 52.0 Å². The van der Waals surface area contributed by atoms with Crippen molar-refractivity contribution in [3.05, 3.63) is 82.4 Å². The normalized spacial score (nSPS) is 12.7. The predicted octanol–water partition coefficient (Wildman–Crippen LogP) is 14.8. The standard InChI is InChI=1S/C30H30NS3.C15H28O2.Ir/c1-8-32-24-12-9-19(16-23(24)30(5,6)7)27-26-21-11-10-20-22(15-17(2)3)18(4)33-28(20)29(21)34-25(26)13-14-31-27;1-7-14(5,8-2)12(16)11-13(17)15(6,9-3)10-4;/h8,10-14,16-17H,1,15H2,2-7H3;11,16H,7-10H2,1-6H3;/q-1;;/b;12-11-;. The van der Waals surface area contributed by atoms with Crippen LogP contribution < -0.4 is 0 Å². The number of thioether (sulfide) groups is 1. The van der Waals surface area contributed by atoms with Gasteiger partial charge in [0.25, 0.3) is 0 Å². The maximum atomic E-state index is 12.2. The molecule has 283 valence electrons. The van der Waals surface area contributed by atoms with Gasteiger partial charge in [-0.2, -0.15) is 11.8 Å². The van der Waals surface area contributed by atoms with Crippen molar-refractivity contribution >= 4 is 70.5 Å². The monoisotopic (exact) mass is 933 g/mol. The number of ketones is 1. The van der Waals surface area contributed by atoms with Gasteiger partial charge in [0.1, 0.15) is 5.76 Å². The number of rotatable bonds is 12. The number of allylic oxidation sites excluding steroid dienone is 2. The molecule has 0 saturated heterocycles. The van der Waals surface area contributed by atoms with E-state index in [9.17, 15) is 9.90 Å². The SMILES string of the molecule is C=CSc1c[c-]c(-c2nccc3sc4c(ccc5c(CC(C)C)c(C)sc54)c23)cc1C(C)(C)C.CCC(C)(CC)C(=O)/C=C(\O)C(C)(CC)CC.[Ir]. The molecule has 0 spiro atoms. The molecule has 0 atom stereocenters. The Morgan fingerprint density at radius 3 is 2.12 bits per heavy atom. The Bertz CT molecular complexity index is 2050. The molecule has 2 aromatic carbocycles. The molecular formula is C45H58IrNO2S3-. The fraction of sp³-hybridized carbons (Fsp3) is 0.467. The van der Waals surface area contributed by atoms with Crippen molar-refractivity contribution in [2.45, 2.75) is 125 Å². The number of aryl methyl sites for hydroxylation is 1. The van der Waals surface area contributed by atoms with Crippen molar-refractivity contribution in [3.8, 4) is 11.3 Å². The Kier molecular flexibility index (Phi) is 15.2. The van der Waals surface area contributed by atoms with Crippen LogP contribution in [-0.2, 0) is 36.7 Å². The number of thiophene rings is 2. The van der Waals surface area contributed by atoms with E-state index in [2.05, 4.69) is 84.5 Å². The Hall–Kier alpha value is -2.28. The number of carbonyl (C=O) groups is 1. The fourth-order valence-electron chi connectivity index (χ4n) is 6.44. The molecule has 52 heavy (non-hydrogen) atoms. The van der Waals surface area contributed by atoms with Gasteiger partial charge in [0, 0.05) is 52.8 Å². The van der Waals surface area contributed by atoms with Gasteiger partial charge in [0.15, 0.2) is 5.78 Å². The minimum absolute atomic E-state index is 0. The van der Waals surface area contributed by atoms with Gasteiger partial charge in [-0.05, 0) is 89.3 Å². The predicted molar refractivity (Wildman–Crippen MR) is 228 cm³/mol. The van der Waals surface area contributed by atoms with Gasteiger partial charge >= 0.3 is 0 Å². The van der Waals surface area contributed by atoms with E-state index in [-0.39, 0.29) is 47.9 Å². The number of hydrogen-bond acceptors (Lipinski definition) is 6. The quantitative estimate of drug-likeness (QED) is 0.0586. The molecule has 3 aromatic heterocycles. The van der Waals surface area contributed by atoms with Crippen molar-refractivity contribution < 1.29 is 30.0 Å². The summed E-state index contributed by atoms with van der Waals surface area (Å²) >= 11 is 5.52. The van der Waals surface area contributed by atoms with Gasteiger partial charge in [-0.25, -0.2) is 0 Å². The van der Waals surface area contributed by atoms with Crippen molar-refractivity contribution in [2.24, 2.45) is 16.7 Å². The summed E-state index contributed by atoms with van der Waals surface area (Å²) in [4.78, 5) is 19.7. The molecular weight excluding hydrogens is 875 g/mol. The van der Waals surface area contributed by atoms with Crippen LogP contribution >= 0.6 is 34.4 Å². The molecule has 0 amide bonds. The number of aliphatic hydroxyl groups is 1. The van der Waals surface area contributed by atoms with Gasteiger partial charge in [0.05, 0.1) is 9.40 Å². The van der Waals surface area contributed by atoms with E-state index in [0.717, 1.165) is 43.4 Å². The second-order valence-corrected chi connectivity index (χ2v) is 19.1. The molecule has 0 unspecified atom stereocenters. The molecule has 0 aliphatic carbocycles. The number of carbonyl (C=O) groups excluding carboxylic acids is 1. The summed E-state index contributed by atoms with van der Waals surface area (Å²) in [7, 11) is 0. The first-order valence-corrected chi connectivity index (χ1v) is 21.0. The van der Waals surface area contributed by atoms with Crippen LogP contribution in [0.15, 0.2) is 65.2 Å². The zero-order valence-electron chi connectivity index (χ0n) is 33.3. The van der Waals surface area contributed by atoms with Crippen LogP contribution in [0.5, 0.6) is 0 Å². The van der Waals surface area contributed by atoms with Crippen molar-refractivity contribution in [2.75, 3.05) is 0 Å². The molecule has 0 fully saturated rings. The third-order valence-electron chi connectivity index (χ3n) is 10.9. The minimum Gasteiger partial charge on any atom is -0.512 e. The molecule has 3 heterocycles. The number of benzene rings is 2. The summed E-state index contributed by atoms with van der Waals surface area (Å²) in [5, 5.41) is 16.0. The zero-order valence-corrected chi connectivity index (χ0v) is 38.1. The Labute approximate surface area is 339 Å². The Morgan fingerprint density at radius 2 is 1.56 bits per heavy atom. The third kappa shape index (κ3) is 9.15. The first-order chi connectivity index (χ1) is 24.0. The maximum absolute atomic E-state index is 12.2. The first-order valence-electron chi connectivity index (χ1n) is 18.5. The molecule has 1 N–H and O–H groups in total. The summed E-state index contributed by atoms with van der Waals surface area (Å²) in [5.74, 6) is 0.939. The number of aliphatic hydroxyl groups excluding tert-OH is 1. The Balaban J connectivity index is 0.000000347. The molecule has 5 aromatic rings. The zero-order chi connectivity index (χ0) is 37.9. The summed E-state index contributed by atoms with van der Waals surface area (Å²) in [5.41, 5.74) is 4.33. The number of aromatic nitrogens is 1. The first kappa shape index (κ1) is 44.1. The van der Waals surface area contributed by atoms with Gasteiger partial charge in [-0.3, -0.25) is 4.79 Å². The van der Waals surface area contributed by atoms with E-state index in [1.807, 2.05) is 75.8 Å². The number of hydrogen-bond donors (Lipinski definition) is 1. The van der Waals surface area contributed by atoms with Gasteiger partial charge in [0.2, 0.25) is 0 Å². The smallest absolute Gasteiger partial charge is 0.164 e. The molecule has 5 rings (SSSR count). The summed E-state index contributed by atoms with van der Waals surface area (Å²) in [6.45, 7) is 29.7.